The molecule has 0 radical (unpaired) electrons. The smallest absolute Gasteiger partial charge is 0.184 e. The van der Waals surface area contributed by atoms with E-state index >= 15 is 0 Å². The average Bonchev–Trinajstić information content (AvgIpc) is 2.97. The predicted molar refractivity (Wildman–Crippen MR) is 80.4 cm³/mol. The lowest BCUT2D eigenvalue weighted by molar-refractivity contribution is 0.0915. The molecule has 0 spiro atoms. The standard InChI is InChI=1S/C17H13FN2O2/c18-12-7-5-11(6-8-12)15(21)9-10-16(22)17-13-3-1-2-4-14(13)19-20-17/h1-8H,9-10H2,(H,19,20). The van der Waals surface area contributed by atoms with Crippen LogP contribution in [0.5, 0.6) is 0 Å². The van der Waals surface area contributed by atoms with Crippen LogP contribution in [0.2, 0.25) is 0 Å². The van der Waals surface area contributed by atoms with Gasteiger partial charge in [-0.25, -0.2) is 4.39 Å². The second-order valence-corrected chi connectivity index (χ2v) is 4.97. The van der Waals surface area contributed by atoms with E-state index in [9.17, 15) is 14.0 Å². The number of nitrogens with zero attached hydrogens (tertiary/aromatic N) is 1. The number of aromatic nitrogens is 2. The molecule has 4 nitrogen and oxygen atoms in total. The first-order chi connectivity index (χ1) is 10.6. The van der Waals surface area contributed by atoms with Gasteiger partial charge in [-0.05, 0) is 30.3 Å². The number of nitrogens with one attached hydrogen (secondary N) is 1. The quantitative estimate of drug-likeness (QED) is 0.732. The van der Waals surface area contributed by atoms with Crippen LogP contribution < -0.4 is 0 Å². The molecule has 5 heteroatoms. The van der Waals surface area contributed by atoms with Crippen LogP contribution in [-0.4, -0.2) is 21.8 Å². The van der Waals surface area contributed by atoms with E-state index in [1.165, 1.54) is 24.3 Å². The summed E-state index contributed by atoms with van der Waals surface area (Å²) in [4.78, 5) is 24.2. The first-order valence-electron chi connectivity index (χ1n) is 6.90. The Balaban J connectivity index is 1.70. The highest BCUT2D eigenvalue weighted by Gasteiger charge is 2.16. The summed E-state index contributed by atoms with van der Waals surface area (Å²) in [7, 11) is 0. The number of hydrogen-bond acceptors (Lipinski definition) is 3. The maximum absolute atomic E-state index is 12.8. The number of ketones is 2. The van der Waals surface area contributed by atoms with Crippen molar-refractivity contribution in [3.63, 3.8) is 0 Å². The fraction of sp³-hybridized carbons (Fsp3) is 0.118. The Labute approximate surface area is 126 Å². The number of aromatic amines is 1. The minimum atomic E-state index is -0.393. The largest absolute Gasteiger partial charge is 0.294 e. The Morgan fingerprint density at radius 2 is 1.64 bits per heavy atom. The monoisotopic (exact) mass is 296 g/mol. The van der Waals surface area contributed by atoms with Gasteiger partial charge in [0.1, 0.15) is 11.5 Å². The van der Waals surface area contributed by atoms with E-state index in [1.54, 1.807) is 0 Å². The minimum absolute atomic E-state index is 0.0745. The van der Waals surface area contributed by atoms with Crippen molar-refractivity contribution in [2.45, 2.75) is 12.8 Å². The van der Waals surface area contributed by atoms with Crippen molar-refractivity contribution < 1.29 is 14.0 Å². The van der Waals surface area contributed by atoms with Gasteiger partial charge in [0.25, 0.3) is 0 Å². The van der Waals surface area contributed by atoms with Gasteiger partial charge >= 0.3 is 0 Å². The zero-order valence-electron chi connectivity index (χ0n) is 11.7. The number of carbonyl (C=O) groups excluding carboxylic acids is 2. The number of hydrogen-bond donors (Lipinski definition) is 1. The van der Waals surface area contributed by atoms with Crippen molar-refractivity contribution in [2.75, 3.05) is 0 Å². The fourth-order valence-electron chi connectivity index (χ4n) is 2.30. The second kappa shape index (κ2) is 5.89. The van der Waals surface area contributed by atoms with Crippen LogP contribution in [0.1, 0.15) is 33.7 Å². The normalized spacial score (nSPS) is 10.8. The number of H-pyrrole nitrogens is 1. The highest BCUT2D eigenvalue weighted by Crippen LogP contribution is 2.17. The van der Waals surface area contributed by atoms with E-state index in [4.69, 9.17) is 0 Å². The van der Waals surface area contributed by atoms with Crippen molar-refractivity contribution in [1.29, 1.82) is 0 Å². The average molecular weight is 296 g/mol. The van der Waals surface area contributed by atoms with Gasteiger partial charge in [0.15, 0.2) is 11.6 Å². The van der Waals surface area contributed by atoms with Crippen LogP contribution in [0.25, 0.3) is 10.9 Å². The SMILES string of the molecule is O=C(CCC(=O)c1n[nH]c2ccccc12)c1ccc(F)cc1. The van der Waals surface area contributed by atoms with E-state index in [0.29, 0.717) is 11.3 Å². The lowest BCUT2D eigenvalue weighted by Crippen LogP contribution is -2.06. The van der Waals surface area contributed by atoms with Crippen molar-refractivity contribution in [3.05, 3.63) is 65.6 Å². The third-order valence-corrected chi connectivity index (χ3v) is 3.48. The third kappa shape index (κ3) is 2.79. The number of Topliss-reactive ketones (excluding diaryl/α,β-unsaturated/α-hetero) is 2. The third-order valence-electron chi connectivity index (χ3n) is 3.48. The van der Waals surface area contributed by atoms with Crippen LogP contribution in [0.3, 0.4) is 0 Å². The summed E-state index contributed by atoms with van der Waals surface area (Å²) < 4.78 is 12.8. The summed E-state index contributed by atoms with van der Waals surface area (Å²) >= 11 is 0. The first-order valence-corrected chi connectivity index (χ1v) is 6.90. The van der Waals surface area contributed by atoms with E-state index in [2.05, 4.69) is 10.2 Å². The molecule has 22 heavy (non-hydrogen) atoms. The summed E-state index contributed by atoms with van der Waals surface area (Å²) in [5.41, 5.74) is 1.54. The molecule has 0 aliphatic heterocycles. The highest BCUT2D eigenvalue weighted by atomic mass is 19.1. The van der Waals surface area contributed by atoms with E-state index in [0.717, 1.165) is 10.9 Å². The van der Waals surface area contributed by atoms with Gasteiger partial charge < -0.3 is 0 Å². The van der Waals surface area contributed by atoms with Crippen molar-refractivity contribution in [2.24, 2.45) is 0 Å². The Kier molecular flexibility index (Phi) is 3.78. The van der Waals surface area contributed by atoms with Gasteiger partial charge in [-0.2, -0.15) is 5.10 Å². The summed E-state index contributed by atoms with van der Waals surface area (Å²) in [6, 6.07) is 12.6. The molecule has 0 bridgehead atoms. The Hall–Kier alpha value is -2.82. The van der Waals surface area contributed by atoms with Crippen LogP contribution in [0, 0.1) is 5.82 Å². The van der Waals surface area contributed by atoms with E-state index in [-0.39, 0.29) is 24.4 Å². The molecule has 0 unspecified atom stereocenters. The molecule has 110 valence electrons. The second-order valence-electron chi connectivity index (χ2n) is 4.97. The topological polar surface area (TPSA) is 62.8 Å². The number of para-hydroxylation sites is 1. The van der Waals surface area contributed by atoms with Gasteiger partial charge in [0.2, 0.25) is 0 Å². The number of benzene rings is 2. The number of rotatable bonds is 5. The van der Waals surface area contributed by atoms with Crippen molar-refractivity contribution >= 4 is 22.5 Å². The maximum Gasteiger partial charge on any atom is 0.184 e. The molecule has 1 heterocycles. The molecule has 0 aliphatic rings. The van der Waals surface area contributed by atoms with Crippen LogP contribution in [0.4, 0.5) is 4.39 Å². The van der Waals surface area contributed by atoms with Gasteiger partial charge in [0, 0.05) is 23.8 Å². The molecule has 0 fully saturated rings. The highest BCUT2D eigenvalue weighted by molar-refractivity contribution is 6.07. The molecule has 1 N–H and O–H groups in total. The van der Waals surface area contributed by atoms with Gasteiger partial charge in [0.05, 0.1) is 5.52 Å². The fourth-order valence-corrected chi connectivity index (χ4v) is 2.30. The number of fused-ring (bicyclic) bond motifs is 1. The molecule has 1 aromatic heterocycles. The predicted octanol–water partition coefficient (Wildman–Crippen LogP) is 3.55. The van der Waals surface area contributed by atoms with Crippen LogP contribution >= 0.6 is 0 Å². The molecular weight excluding hydrogens is 283 g/mol. The zero-order chi connectivity index (χ0) is 15.5. The molecule has 0 atom stereocenters. The molecule has 3 rings (SSSR count). The molecule has 0 aliphatic carbocycles. The molecular formula is C17H13FN2O2. The van der Waals surface area contributed by atoms with E-state index in [1.807, 2.05) is 24.3 Å². The Bertz CT molecular complexity index is 837. The lowest BCUT2D eigenvalue weighted by Gasteiger charge is -2.00. The molecule has 0 amide bonds. The summed E-state index contributed by atoms with van der Waals surface area (Å²) in [6.45, 7) is 0. The molecule has 0 saturated heterocycles. The summed E-state index contributed by atoms with van der Waals surface area (Å²) in [6.07, 6.45) is 0.150. The number of carbonyl (C=O) groups is 2. The van der Waals surface area contributed by atoms with Crippen molar-refractivity contribution in [3.8, 4) is 0 Å². The van der Waals surface area contributed by atoms with Crippen LogP contribution in [-0.2, 0) is 0 Å². The van der Waals surface area contributed by atoms with Gasteiger partial charge in [-0.1, -0.05) is 18.2 Å². The number of halogens is 1. The van der Waals surface area contributed by atoms with Gasteiger partial charge in [-0.3, -0.25) is 14.7 Å². The Morgan fingerprint density at radius 3 is 2.41 bits per heavy atom. The van der Waals surface area contributed by atoms with Gasteiger partial charge in [-0.15, -0.1) is 0 Å². The van der Waals surface area contributed by atoms with Crippen LogP contribution in [0.15, 0.2) is 48.5 Å². The molecule has 0 saturated carbocycles. The molecule has 2 aromatic carbocycles. The van der Waals surface area contributed by atoms with E-state index < -0.39 is 5.82 Å². The zero-order valence-corrected chi connectivity index (χ0v) is 11.7. The lowest BCUT2D eigenvalue weighted by atomic mass is 10.0. The first kappa shape index (κ1) is 14.1. The minimum Gasteiger partial charge on any atom is -0.294 e. The summed E-state index contributed by atoms with van der Waals surface area (Å²) in [5, 5.41) is 7.57. The Morgan fingerprint density at radius 1 is 0.955 bits per heavy atom. The summed E-state index contributed by atoms with van der Waals surface area (Å²) in [5.74, 6) is -0.767. The maximum atomic E-state index is 12.8. The van der Waals surface area contributed by atoms with Crippen molar-refractivity contribution in [1.82, 2.24) is 10.2 Å². The molecule has 3 aromatic rings.